The lowest BCUT2D eigenvalue weighted by atomic mass is 10.2. The molecule has 142 valence electrons. The first-order valence-electron chi connectivity index (χ1n) is 9.27. The number of methoxy groups -OCH3 is 1. The maximum atomic E-state index is 6.84. The highest BCUT2D eigenvalue weighted by molar-refractivity contribution is 6.99. The van der Waals surface area contributed by atoms with Crippen LogP contribution < -0.4 is 10.4 Å². The van der Waals surface area contributed by atoms with E-state index < -0.39 is 8.32 Å². The van der Waals surface area contributed by atoms with E-state index in [9.17, 15) is 0 Å². The summed E-state index contributed by atoms with van der Waals surface area (Å²) in [5.74, 6) is 0. The van der Waals surface area contributed by atoms with E-state index in [1.807, 2.05) is 0 Å². The summed E-state index contributed by atoms with van der Waals surface area (Å²) < 4.78 is 17.4. The summed E-state index contributed by atoms with van der Waals surface area (Å²) in [6.45, 7) is 9.94. The van der Waals surface area contributed by atoms with Gasteiger partial charge in [-0.1, -0.05) is 81.4 Å². The predicted molar refractivity (Wildman–Crippen MR) is 111 cm³/mol. The molecule has 0 radical (unpaired) electrons. The van der Waals surface area contributed by atoms with Crippen LogP contribution in [0.4, 0.5) is 0 Å². The van der Waals surface area contributed by atoms with Crippen molar-refractivity contribution in [3.8, 4) is 0 Å². The molecule has 0 aliphatic rings. The number of benzene rings is 2. The van der Waals surface area contributed by atoms with Gasteiger partial charge in [0, 0.05) is 13.7 Å². The molecular formula is C22H32O3Si. The van der Waals surface area contributed by atoms with Crippen molar-refractivity contribution in [3.63, 3.8) is 0 Å². The second-order valence-electron chi connectivity index (χ2n) is 7.68. The molecule has 0 aliphatic carbocycles. The SMILES string of the molecule is COCO[C@@H](C)CCO[Si](c1ccccc1)(c1ccccc1)C(C)(C)C. The van der Waals surface area contributed by atoms with Crippen molar-refractivity contribution in [1.29, 1.82) is 0 Å². The molecule has 0 aromatic heterocycles. The van der Waals surface area contributed by atoms with Crippen molar-refractivity contribution >= 4 is 18.7 Å². The smallest absolute Gasteiger partial charge is 0.261 e. The van der Waals surface area contributed by atoms with Crippen LogP contribution in [0.3, 0.4) is 0 Å². The summed E-state index contributed by atoms with van der Waals surface area (Å²) >= 11 is 0. The third kappa shape index (κ3) is 4.83. The number of rotatable bonds is 9. The van der Waals surface area contributed by atoms with Crippen LogP contribution in [0.5, 0.6) is 0 Å². The lowest BCUT2D eigenvalue weighted by Crippen LogP contribution is -2.66. The summed E-state index contributed by atoms with van der Waals surface area (Å²) in [5.41, 5.74) is 0. The largest absolute Gasteiger partial charge is 0.407 e. The molecule has 0 saturated heterocycles. The Hall–Kier alpha value is -1.46. The average Bonchev–Trinajstić information content (AvgIpc) is 2.64. The quantitative estimate of drug-likeness (QED) is 0.492. The van der Waals surface area contributed by atoms with Crippen LogP contribution in [-0.4, -0.2) is 34.9 Å². The summed E-state index contributed by atoms with van der Waals surface area (Å²) in [6, 6.07) is 21.4. The summed E-state index contributed by atoms with van der Waals surface area (Å²) in [7, 11) is -0.790. The molecule has 0 unspecified atom stereocenters. The summed E-state index contributed by atoms with van der Waals surface area (Å²) in [4.78, 5) is 0. The van der Waals surface area contributed by atoms with E-state index in [4.69, 9.17) is 13.9 Å². The van der Waals surface area contributed by atoms with E-state index in [0.29, 0.717) is 13.4 Å². The first-order chi connectivity index (χ1) is 12.4. The number of ether oxygens (including phenoxy) is 2. The summed E-state index contributed by atoms with van der Waals surface area (Å²) in [6.07, 6.45) is 0.946. The average molecular weight is 373 g/mol. The van der Waals surface area contributed by atoms with Crippen LogP contribution in [-0.2, 0) is 13.9 Å². The normalized spacial score (nSPS) is 13.6. The molecule has 2 aromatic rings. The van der Waals surface area contributed by atoms with Gasteiger partial charge in [0.05, 0.1) is 6.10 Å². The van der Waals surface area contributed by atoms with Crippen molar-refractivity contribution in [1.82, 2.24) is 0 Å². The third-order valence-electron chi connectivity index (χ3n) is 4.73. The number of hydrogen-bond donors (Lipinski definition) is 0. The van der Waals surface area contributed by atoms with Gasteiger partial charge < -0.3 is 13.9 Å². The van der Waals surface area contributed by atoms with E-state index in [0.717, 1.165) is 6.42 Å². The Balaban J connectivity index is 2.35. The predicted octanol–water partition coefficient (Wildman–Crippen LogP) is 3.96. The highest BCUT2D eigenvalue weighted by Crippen LogP contribution is 2.36. The van der Waals surface area contributed by atoms with Crippen molar-refractivity contribution in [2.45, 2.75) is 45.3 Å². The van der Waals surface area contributed by atoms with Crippen LogP contribution in [0, 0.1) is 0 Å². The molecule has 0 N–H and O–H groups in total. The molecule has 0 fully saturated rings. The molecule has 0 spiro atoms. The van der Waals surface area contributed by atoms with Crippen molar-refractivity contribution in [3.05, 3.63) is 60.7 Å². The van der Waals surface area contributed by atoms with Gasteiger partial charge in [-0.2, -0.15) is 0 Å². The van der Waals surface area contributed by atoms with Gasteiger partial charge >= 0.3 is 0 Å². The molecule has 2 aromatic carbocycles. The number of hydrogen-bond acceptors (Lipinski definition) is 3. The second-order valence-corrected chi connectivity index (χ2v) is 12.0. The lowest BCUT2D eigenvalue weighted by molar-refractivity contribution is -0.0701. The van der Waals surface area contributed by atoms with E-state index in [1.54, 1.807) is 7.11 Å². The molecule has 0 aliphatic heterocycles. The van der Waals surface area contributed by atoms with Gasteiger partial charge in [0.2, 0.25) is 0 Å². The van der Waals surface area contributed by atoms with Crippen molar-refractivity contribution in [2.75, 3.05) is 20.5 Å². The molecule has 0 amide bonds. The fourth-order valence-corrected chi connectivity index (χ4v) is 7.99. The fraction of sp³-hybridized carbons (Fsp3) is 0.455. The molecule has 0 heterocycles. The van der Waals surface area contributed by atoms with Crippen molar-refractivity contribution in [2.24, 2.45) is 0 Å². The zero-order valence-corrected chi connectivity index (χ0v) is 17.7. The molecule has 3 nitrogen and oxygen atoms in total. The Morgan fingerprint density at radius 1 is 0.885 bits per heavy atom. The minimum atomic E-state index is -2.43. The minimum Gasteiger partial charge on any atom is -0.407 e. The van der Waals surface area contributed by atoms with Crippen LogP contribution in [0.1, 0.15) is 34.1 Å². The molecule has 1 atom stereocenters. The van der Waals surface area contributed by atoms with Gasteiger partial charge in [0.15, 0.2) is 0 Å². The maximum absolute atomic E-state index is 6.84. The fourth-order valence-electron chi connectivity index (χ4n) is 3.41. The van der Waals surface area contributed by atoms with Gasteiger partial charge in [-0.25, -0.2) is 0 Å². The van der Waals surface area contributed by atoms with Crippen LogP contribution >= 0.6 is 0 Å². The van der Waals surface area contributed by atoms with E-state index in [2.05, 4.69) is 88.4 Å². The van der Waals surface area contributed by atoms with Crippen LogP contribution in [0.25, 0.3) is 0 Å². The minimum absolute atomic E-state index is 0.00628. The molecule has 4 heteroatoms. The van der Waals surface area contributed by atoms with E-state index >= 15 is 0 Å². The zero-order chi connectivity index (χ0) is 19.0. The molecular weight excluding hydrogens is 340 g/mol. The van der Waals surface area contributed by atoms with Gasteiger partial charge in [0.1, 0.15) is 6.79 Å². The van der Waals surface area contributed by atoms with E-state index in [-0.39, 0.29) is 11.1 Å². The highest BCUT2D eigenvalue weighted by Gasteiger charge is 2.49. The maximum Gasteiger partial charge on any atom is 0.261 e. The highest BCUT2D eigenvalue weighted by atomic mass is 28.4. The Morgan fingerprint density at radius 3 is 1.81 bits per heavy atom. The van der Waals surface area contributed by atoms with Crippen LogP contribution in [0.2, 0.25) is 5.04 Å². The summed E-state index contributed by atoms with van der Waals surface area (Å²) in [5, 5.41) is 2.63. The molecule has 26 heavy (non-hydrogen) atoms. The van der Waals surface area contributed by atoms with Gasteiger partial charge in [-0.3, -0.25) is 0 Å². The first kappa shape index (κ1) is 20.8. The molecule has 2 rings (SSSR count). The molecule has 0 saturated carbocycles. The zero-order valence-electron chi connectivity index (χ0n) is 16.7. The molecule has 0 bridgehead atoms. The Morgan fingerprint density at radius 2 is 1.38 bits per heavy atom. The van der Waals surface area contributed by atoms with Gasteiger partial charge in [-0.05, 0) is 28.8 Å². The topological polar surface area (TPSA) is 27.7 Å². The van der Waals surface area contributed by atoms with E-state index in [1.165, 1.54) is 10.4 Å². The van der Waals surface area contributed by atoms with Crippen LogP contribution in [0.15, 0.2) is 60.7 Å². The lowest BCUT2D eigenvalue weighted by Gasteiger charge is -2.43. The Bertz CT molecular complexity index is 598. The third-order valence-corrected chi connectivity index (χ3v) is 9.77. The van der Waals surface area contributed by atoms with Crippen molar-refractivity contribution < 1.29 is 13.9 Å². The first-order valence-corrected chi connectivity index (χ1v) is 11.2. The monoisotopic (exact) mass is 372 g/mol. The Labute approximate surface area is 159 Å². The standard InChI is InChI=1S/C22H32O3Si/c1-19(24-18-23-5)16-17-25-26(22(2,3)4,20-12-8-6-9-13-20)21-14-10-7-11-15-21/h6-15,19H,16-18H2,1-5H3/t19-/m0/s1. The van der Waals surface area contributed by atoms with Gasteiger partial charge in [-0.15, -0.1) is 0 Å². The van der Waals surface area contributed by atoms with Gasteiger partial charge in [0.25, 0.3) is 8.32 Å². The second kappa shape index (κ2) is 9.47. The Kier molecular flexibility index (Phi) is 7.59.